The zero-order valence-electron chi connectivity index (χ0n) is 9.69. The molecule has 0 aromatic heterocycles. The van der Waals surface area contributed by atoms with Gasteiger partial charge in [-0.2, -0.15) is 0 Å². The quantitative estimate of drug-likeness (QED) is 0.386. The van der Waals surface area contributed by atoms with Gasteiger partial charge in [0.2, 0.25) is 0 Å². The van der Waals surface area contributed by atoms with Crippen LogP contribution in [0.2, 0.25) is 0 Å². The van der Waals surface area contributed by atoms with Gasteiger partial charge in [-0.3, -0.25) is 0 Å². The van der Waals surface area contributed by atoms with E-state index in [9.17, 15) is 5.11 Å². The van der Waals surface area contributed by atoms with Gasteiger partial charge in [0, 0.05) is 19.6 Å². The van der Waals surface area contributed by atoms with Crippen molar-refractivity contribution in [1.82, 2.24) is 10.2 Å². The number of likely N-dealkylation sites (N-methyl/N-ethyl adjacent to an activating group) is 1. The predicted molar refractivity (Wildman–Crippen MR) is 59.8 cm³/mol. The van der Waals surface area contributed by atoms with Crippen molar-refractivity contribution in [2.75, 3.05) is 39.3 Å². The Bertz CT molecular complexity index is 143. The van der Waals surface area contributed by atoms with Crippen LogP contribution in [0.1, 0.15) is 13.8 Å². The van der Waals surface area contributed by atoms with E-state index in [-0.39, 0.29) is 6.61 Å². The highest BCUT2D eigenvalue weighted by Crippen LogP contribution is 1.91. The van der Waals surface area contributed by atoms with E-state index in [1.807, 2.05) is 0 Å². The maximum atomic E-state index is 9.62. The molecule has 0 saturated heterocycles. The molecule has 2 atom stereocenters. The summed E-state index contributed by atoms with van der Waals surface area (Å²) in [5, 5.41) is 30.1. The van der Waals surface area contributed by atoms with Gasteiger partial charge in [-0.05, 0) is 13.1 Å². The summed E-state index contributed by atoms with van der Waals surface area (Å²) in [6.07, 6.45) is -1.18. The summed E-state index contributed by atoms with van der Waals surface area (Å²) in [5.74, 6) is 0. The van der Waals surface area contributed by atoms with Gasteiger partial charge in [-0.1, -0.05) is 13.8 Å². The maximum absolute atomic E-state index is 9.62. The molecule has 0 bridgehead atoms. The Labute approximate surface area is 91.7 Å². The number of aliphatic hydroxyl groups excluding tert-OH is 3. The highest BCUT2D eigenvalue weighted by molar-refractivity contribution is 4.66. The van der Waals surface area contributed by atoms with Crippen molar-refractivity contribution in [2.24, 2.45) is 0 Å². The predicted octanol–water partition coefficient (Wildman–Crippen LogP) is -1.37. The van der Waals surface area contributed by atoms with E-state index in [0.29, 0.717) is 19.6 Å². The second kappa shape index (κ2) is 9.06. The molecule has 0 saturated carbocycles. The van der Waals surface area contributed by atoms with Crippen molar-refractivity contribution in [3.63, 3.8) is 0 Å². The smallest absolute Gasteiger partial charge is 0.0894 e. The normalized spacial score (nSPS) is 15.6. The highest BCUT2D eigenvalue weighted by atomic mass is 16.3. The lowest BCUT2D eigenvalue weighted by Crippen LogP contribution is -2.40. The molecule has 0 fully saturated rings. The Morgan fingerprint density at radius 3 is 2.07 bits per heavy atom. The fraction of sp³-hybridized carbons (Fsp3) is 1.00. The van der Waals surface area contributed by atoms with Gasteiger partial charge in [-0.25, -0.2) is 0 Å². The van der Waals surface area contributed by atoms with E-state index in [1.54, 1.807) is 0 Å². The summed E-state index contributed by atoms with van der Waals surface area (Å²) in [5.41, 5.74) is 0. The number of hydrogen-bond acceptors (Lipinski definition) is 5. The van der Waals surface area contributed by atoms with Crippen molar-refractivity contribution in [1.29, 1.82) is 0 Å². The molecule has 0 aromatic rings. The third-order valence-electron chi connectivity index (χ3n) is 2.33. The molecule has 0 aliphatic rings. The number of nitrogens with zero attached hydrogens (tertiary/aromatic N) is 1. The monoisotopic (exact) mass is 220 g/mol. The molecule has 92 valence electrons. The van der Waals surface area contributed by atoms with E-state index in [4.69, 9.17) is 10.2 Å². The fourth-order valence-corrected chi connectivity index (χ4v) is 1.33. The lowest BCUT2D eigenvalue weighted by Gasteiger charge is -2.22. The third kappa shape index (κ3) is 7.70. The summed E-state index contributed by atoms with van der Waals surface area (Å²) >= 11 is 0. The standard InChI is InChI=1S/C10H24N2O3/c1-3-12(4-2)7-9(14)5-11-6-10(15)8-13/h9-11,13-15H,3-8H2,1-2H3. The number of rotatable bonds is 9. The van der Waals surface area contributed by atoms with Crippen molar-refractivity contribution in [2.45, 2.75) is 26.1 Å². The molecule has 0 heterocycles. The van der Waals surface area contributed by atoms with Crippen molar-refractivity contribution in [3.8, 4) is 0 Å². The molecule has 0 aliphatic carbocycles. The first-order valence-electron chi connectivity index (χ1n) is 5.54. The van der Waals surface area contributed by atoms with Crippen LogP contribution in [0.4, 0.5) is 0 Å². The van der Waals surface area contributed by atoms with Gasteiger partial charge in [0.25, 0.3) is 0 Å². The zero-order chi connectivity index (χ0) is 11.7. The molecule has 5 heteroatoms. The van der Waals surface area contributed by atoms with Crippen LogP contribution in [0.25, 0.3) is 0 Å². The van der Waals surface area contributed by atoms with E-state index >= 15 is 0 Å². The molecule has 0 radical (unpaired) electrons. The van der Waals surface area contributed by atoms with Gasteiger partial charge in [-0.15, -0.1) is 0 Å². The van der Waals surface area contributed by atoms with E-state index in [0.717, 1.165) is 13.1 Å². The van der Waals surface area contributed by atoms with Gasteiger partial charge in [0.15, 0.2) is 0 Å². The van der Waals surface area contributed by atoms with Gasteiger partial charge < -0.3 is 25.5 Å². The van der Waals surface area contributed by atoms with Gasteiger partial charge in [0.05, 0.1) is 18.8 Å². The lowest BCUT2D eigenvalue weighted by atomic mass is 10.3. The van der Waals surface area contributed by atoms with Crippen molar-refractivity contribution < 1.29 is 15.3 Å². The van der Waals surface area contributed by atoms with E-state index in [1.165, 1.54) is 0 Å². The van der Waals surface area contributed by atoms with Crippen molar-refractivity contribution in [3.05, 3.63) is 0 Å². The SMILES string of the molecule is CCN(CC)CC(O)CNCC(O)CO. The van der Waals surface area contributed by atoms with Crippen molar-refractivity contribution >= 4 is 0 Å². The minimum absolute atomic E-state index is 0.251. The molecular weight excluding hydrogens is 196 g/mol. The Morgan fingerprint density at radius 2 is 1.60 bits per heavy atom. The van der Waals surface area contributed by atoms with E-state index in [2.05, 4.69) is 24.1 Å². The molecule has 0 amide bonds. The number of hydrogen-bond donors (Lipinski definition) is 4. The van der Waals surface area contributed by atoms with E-state index < -0.39 is 12.2 Å². The summed E-state index contributed by atoms with van der Waals surface area (Å²) in [4.78, 5) is 2.13. The van der Waals surface area contributed by atoms with Crippen LogP contribution in [-0.2, 0) is 0 Å². The lowest BCUT2D eigenvalue weighted by molar-refractivity contribution is 0.0828. The first kappa shape index (κ1) is 14.8. The summed E-state index contributed by atoms with van der Waals surface area (Å²) in [6.45, 7) is 7.09. The Balaban J connectivity index is 3.51. The number of nitrogens with one attached hydrogen (secondary N) is 1. The minimum Gasteiger partial charge on any atom is -0.394 e. The molecular formula is C10H24N2O3. The van der Waals surface area contributed by atoms with Crippen LogP contribution in [0.15, 0.2) is 0 Å². The van der Waals surface area contributed by atoms with Gasteiger partial charge >= 0.3 is 0 Å². The summed E-state index contributed by atoms with van der Waals surface area (Å²) < 4.78 is 0. The minimum atomic E-state index is -0.745. The Kier molecular flexibility index (Phi) is 8.94. The molecule has 0 aliphatic heterocycles. The zero-order valence-corrected chi connectivity index (χ0v) is 9.69. The second-order valence-corrected chi connectivity index (χ2v) is 3.63. The molecule has 0 spiro atoms. The largest absolute Gasteiger partial charge is 0.394 e. The average molecular weight is 220 g/mol. The van der Waals surface area contributed by atoms with Gasteiger partial charge in [0.1, 0.15) is 0 Å². The fourth-order valence-electron chi connectivity index (χ4n) is 1.33. The summed E-state index contributed by atoms with van der Waals surface area (Å²) in [6, 6.07) is 0. The molecule has 5 nitrogen and oxygen atoms in total. The third-order valence-corrected chi connectivity index (χ3v) is 2.33. The van der Waals surface area contributed by atoms with Crippen LogP contribution < -0.4 is 5.32 Å². The van der Waals surface area contributed by atoms with Crippen LogP contribution in [-0.4, -0.2) is 71.8 Å². The second-order valence-electron chi connectivity index (χ2n) is 3.63. The Morgan fingerprint density at radius 1 is 1.07 bits per heavy atom. The van der Waals surface area contributed by atoms with Crippen LogP contribution in [0.5, 0.6) is 0 Å². The first-order chi connectivity index (χ1) is 7.13. The van der Waals surface area contributed by atoms with Crippen LogP contribution in [0, 0.1) is 0 Å². The first-order valence-corrected chi connectivity index (χ1v) is 5.54. The van der Waals surface area contributed by atoms with Crippen LogP contribution in [0.3, 0.4) is 0 Å². The van der Waals surface area contributed by atoms with Crippen LogP contribution >= 0.6 is 0 Å². The molecule has 4 N–H and O–H groups in total. The molecule has 0 aromatic carbocycles. The maximum Gasteiger partial charge on any atom is 0.0894 e. The Hall–Kier alpha value is -0.200. The number of aliphatic hydroxyl groups is 3. The highest BCUT2D eigenvalue weighted by Gasteiger charge is 2.09. The topological polar surface area (TPSA) is 76.0 Å². The molecule has 15 heavy (non-hydrogen) atoms. The molecule has 2 unspecified atom stereocenters. The average Bonchev–Trinajstić information content (AvgIpc) is 2.25. The summed E-state index contributed by atoms with van der Waals surface area (Å²) in [7, 11) is 0. The molecule has 0 rings (SSSR count).